The molecule has 1 saturated carbocycles. The number of esters is 1. The Hall–Kier alpha value is -3.00. The van der Waals surface area contributed by atoms with Gasteiger partial charge >= 0.3 is 5.97 Å². The van der Waals surface area contributed by atoms with Gasteiger partial charge in [-0.1, -0.05) is 17.3 Å². The van der Waals surface area contributed by atoms with E-state index in [4.69, 9.17) is 4.74 Å². The molecule has 1 fully saturated rings. The summed E-state index contributed by atoms with van der Waals surface area (Å²) in [6, 6.07) is 7.51. The van der Waals surface area contributed by atoms with Gasteiger partial charge in [0.2, 0.25) is 0 Å². The summed E-state index contributed by atoms with van der Waals surface area (Å²) < 4.78 is 8.39. The highest BCUT2D eigenvalue weighted by molar-refractivity contribution is 5.91. The van der Waals surface area contributed by atoms with Crippen LogP contribution in [0, 0.1) is 0 Å². The van der Waals surface area contributed by atoms with Crippen molar-refractivity contribution >= 4 is 5.97 Å². The van der Waals surface area contributed by atoms with E-state index in [1.54, 1.807) is 22.5 Å². The largest absolute Gasteiger partial charge is 0.465 e. The number of benzene rings is 1. The Kier molecular flexibility index (Phi) is 4.27. The number of aryl methyl sites for hydroxylation is 1. The van der Waals surface area contributed by atoms with Gasteiger partial charge in [-0.25, -0.2) is 9.48 Å². The molecule has 1 N–H and O–H groups in total. The van der Waals surface area contributed by atoms with Crippen molar-refractivity contribution in [3.63, 3.8) is 0 Å². The zero-order valence-electron chi connectivity index (χ0n) is 15.4. The molecular weight excluding hydrogens is 346 g/mol. The fourth-order valence-electron chi connectivity index (χ4n) is 3.46. The number of aliphatic hydroxyl groups excluding tert-OH is 1. The van der Waals surface area contributed by atoms with Crippen LogP contribution in [0.25, 0.3) is 5.69 Å². The zero-order valence-corrected chi connectivity index (χ0v) is 15.4. The van der Waals surface area contributed by atoms with E-state index < -0.39 is 12.1 Å². The van der Waals surface area contributed by atoms with Gasteiger partial charge in [-0.3, -0.25) is 4.68 Å². The maximum absolute atomic E-state index is 12.3. The highest BCUT2D eigenvalue weighted by Gasteiger charge is 2.46. The van der Waals surface area contributed by atoms with Gasteiger partial charge in [0.1, 0.15) is 5.56 Å². The lowest BCUT2D eigenvalue weighted by Crippen LogP contribution is -2.08. The van der Waals surface area contributed by atoms with Crippen LogP contribution >= 0.6 is 0 Å². The smallest absolute Gasteiger partial charge is 0.341 e. The molecule has 8 heteroatoms. The Labute approximate surface area is 156 Å². The summed E-state index contributed by atoms with van der Waals surface area (Å²) >= 11 is 0. The van der Waals surface area contributed by atoms with Gasteiger partial charge in [0, 0.05) is 25.1 Å². The van der Waals surface area contributed by atoms with Gasteiger partial charge < -0.3 is 9.84 Å². The number of nitrogens with zero attached hydrogens (tertiary/aromatic N) is 5. The van der Waals surface area contributed by atoms with Crippen LogP contribution in [0.4, 0.5) is 0 Å². The van der Waals surface area contributed by atoms with Gasteiger partial charge in [0.15, 0.2) is 0 Å². The third-order valence-corrected chi connectivity index (χ3v) is 4.95. The first-order chi connectivity index (χ1) is 13.0. The third-order valence-electron chi connectivity index (χ3n) is 4.95. The molecule has 0 saturated heterocycles. The van der Waals surface area contributed by atoms with Gasteiger partial charge in [0.25, 0.3) is 0 Å². The maximum Gasteiger partial charge on any atom is 0.341 e. The van der Waals surface area contributed by atoms with Crippen LogP contribution < -0.4 is 0 Å². The van der Waals surface area contributed by atoms with Crippen molar-refractivity contribution in [2.24, 2.45) is 7.05 Å². The van der Waals surface area contributed by atoms with E-state index in [2.05, 4.69) is 15.4 Å². The topological polar surface area (TPSA) is 95.1 Å². The molecule has 0 spiro atoms. The van der Waals surface area contributed by atoms with E-state index in [9.17, 15) is 9.90 Å². The van der Waals surface area contributed by atoms with Crippen LogP contribution in [0.1, 0.15) is 58.6 Å². The van der Waals surface area contributed by atoms with Crippen molar-refractivity contribution in [1.82, 2.24) is 24.8 Å². The van der Waals surface area contributed by atoms with Crippen LogP contribution in [-0.2, 0) is 11.8 Å². The Morgan fingerprint density at radius 3 is 2.85 bits per heavy atom. The lowest BCUT2D eigenvalue weighted by molar-refractivity contribution is 0.0599. The highest BCUT2D eigenvalue weighted by Crippen LogP contribution is 2.55. The lowest BCUT2D eigenvalue weighted by Gasteiger charge is -2.11. The maximum atomic E-state index is 12.3. The number of carbonyl (C=O) groups excluding carboxylic acids is 1. The normalized spacial score (nSPS) is 19.7. The number of hydrogen-bond donors (Lipinski definition) is 1. The second kappa shape index (κ2) is 6.62. The molecule has 1 aliphatic carbocycles. The number of ether oxygens (including phenoxy) is 1. The first-order valence-corrected chi connectivity index (χ1v) is 8.80. The van der Waals surface area contributed by atoms with Gasteiger partial charge in [-0.15, -0.1) is 5.10 Å². The lowest BCUT2D eigenvalue weighted by atomic mass is 10.1. The number of carbonyl (C=O) groups is 1. The number of aromatic nitrogens is 5. The fourth-order valence-corrected chi connectivity index (χ4v) is 3.46. The monoisotopic (exact) mass is 367 g/mol. The van der Waals surface area contributed by atoms with Crippen molar-refractivity contribution in [3.05, 3.63) is 59.2 Å². The molecule has 0 radical (unpaired) electrons. The van der Waals surface area contributed by atoms with E-state index in [0.717, 1.165) is 29.1 Å². The number of rotatable bonds is 5. The molecule has 0 aliphatic heterocycles. The van der Waals surface area contributed by atoms with E-state index in [1.165, 1.54) is 7.11 Å². The molecule has 2 aromatic heterocycles. The summed E-state index contributed by atoms with van der Waals surface area (Å²) in [6.07, 6.45) is 3.72. The molecule has 8 nitrogen and oxygen atoms in total. The minimum atomic E-state index is -0.586. The zero-order chi connectivity index (χ0) is 19.1. The van der Waals surface area contributed by atoms with Crippen LogP contribution in [0.5, 0.6) is 0 Å². The van der Waals surface area contributed by atoms with E-state index >= 15 is 0 Å². The first-order valence-electron chi connectivity index (χ1n) is 8.80. The van der Waals surface area contributed by atoms with Crippen molar-refractivity contribution in [1.29, 1.82) is 0 Å². The predicted molar refractivity (Wildman–Crippen MR) is 96.6 cm³/mol. The first kappa shape index (κ1) is 17.4. The Morgan fingerprint density at radius 1 is 1.37 bits per heavy atom. The average Bonchev–Trinajstić information content (AvgIpc) is 3.12. The molecule has 1 unspecified atom stereocenters. The molecule has 0 amide bonds. The highest BCUT2D eigenvalue weighted by atomic mass is 16.5. The molecule has 1 aromatic carbocycles. The summed E-state index contributed by atoms with van der Waals surface area (Å²) in [4.78, 5) is 12.3. The van der Waals surface area contributed by atoms with E-state index in [-0.39, 0.29) is 11.8 Å². The molecule has 3 atom stereocenters. The Balaban J connectivity index is 1.77. The number of aliphatic hydroxyl groups is 1. The molecule has 140 valence electrons. The van der Waals surface area contributed by atoms with Crippen LogP contribution in [0.3, 0.4) is 0 Å². The summed E-state index contributed by atoms with van der Waals surface area (Å²) in [5.74, 6) is -0.112. The summed E-state index contributed by atoms with van der Waals surface area (Å²) in [6.45, 7) is 1.72. The SMILES string of the molecule is COC(=O)c1cnn(-c2cccc(C(C)O)c2)c1[C@@H]1C[C@H]1c1cn(C)nn1. The van der Waals surface area contributed by atoms with Crippen molar-refractivity contribution in [2.75, 3.05) is 7.11 Å². The Morgan fingerprint density at radius 2 is 2.19 bits per heavy atom. The summed E-state index contributed by atoms with van der Waals surface area (Å²) in [7, 11) is 3.20. The second-order valence-corrected chi connectivity index (χ2v) is 6.88. The fraction of sp³-hybridized carbons (Fsp3) is 0.368. The summed E-state index contributed by atoms with van der Waals surface area (Å²) in [5.41, 5.74) is 3.75. The van der Waals surface area contributed by atoms with Crippen LogP contribution in [0.15, 0.2) is 36.7 Å². The quantitative estimate of drug-likeness (QED) is 0.694. The molecule has 2 heterocycles. The number of hydrogen-bond acceptors (Lipinski definition) is 6. The van der Waals surface area contributed by atoms with Gasteiger partial charge in [-0.2, -0.15) is 5.10 Å². The molecule has 27 heavy (non-hydrogen) atoms. The van der Waals surface area contributed by atoms with Crippen molar-refractivity contribution in [2.45, 2.75) is 31.3 Å². The Bertz CT molecular complexity index is 991. The van der Waals surface area contributed by atoms with Gasteiger partial charge in [-0.05, 0) is 31.0 Å². The molecular formula is C19H21N5O3. The molecule has 3 aromatic rings. The standard InChI is InChI=1S/C19H21N5O3/c1-11(25)12-5-4-6-13(7-12)24-18(16(9-20-24)19(26)27-3)15-8-14(15)17-10-23(2)22-21-17/h4-7,9-11,14-15,25H,8H2,1-3H3/t11?,14-,15-/m1/s1. The van der Waals surface area contributed by atoms with E-state index in [1.807, 2.05) is 37.5 Å². The minimum absolute atomic E-state index is 0.105. The molecule has 0 bridgehead atoms. The van der Waals surface area contributed by atoms with Crippen molar-refractivity contribution in [3.8, 4) is 5.69 Å². The second-order valence-electron chi connectivity index (χ2n) is 6.88. The van der Waals surface area contributed by atoms with Gasteiger partial charge in [0.05, 0.1) is 36.5 Å². The average molecular weight is 367 g/mol. The molecule has 1 aliphatic rings. The third kappa shape index (κ3) is 3.12. The van der Waals surface area contributed by atoms with Crippen LogP contribution in [0.2, 0.25) is 0 Å². The van der Waals surface area contributed by atoms with E-state index in [0.29, 0.717) is 5.56 Å². The van der Waals surface area contributed by atoms with Crippen LogP contribution in [-0.4, -0.2) is 43.0 Å². The summed E-state index contributed by atoms with van der Waals surface area (Å²) in [5, 5.41) is 22.5. The molecule has 4 rings (SSSR count). The predicted octanol–water partition coefficient (Wildman–Crippen LogP) is 2.11. The number of methoxy groups -OCH3 is 1. The van der Waals surface area contributed by atoms with Crippen molar-refractivity contribution < 1.29 is 14.6 Å². The minimum Gasteiger partial charge on any atom is -0.465 e.